The average Bonchev–Trinajstić information content (AvgIpc) is 2.87. The number of halogens is 1. The molecule has 4 nitrogen and oxygen atoms in total. The lowest BCUT2D eigenvalue weighted by molar-refractivity contribution is 0.0514. The third-order valence-corrected chi connectivity index (χ3v) is 3.50. The van der Waals surface area contributed by atoms with E-state index < -0.39 is 0 Å². The van der Waals surface area contributed by atoms with Crippen LogP contribution < -0.4 is 4.74 Å². The number of esters is 1. The number of methoxy groups -OCH3 is 1. The van der Waals surface area contributed by atoms with Crippen molar-refractivity contribution in [3.63, 3.8) is 0 Å². The molecule has 2 rings (SSSR count). The molecular formula is C15H16BrNO3. The van der Waals surface area contributed by atoms with Crippen molar-refractivity contribution in [2.45, 2.75) is 13.5 Å². The van der Waals surface area contributed by atoms with Crippen molar-refractivity contribution in [2.24, 2.45) is 0 Å². The van der Waals surface area contributed by atoms with Crippen LogP contribution in [0.5, 0.6) is 5.75 Å². The minimum Gasteiger partial charge on any atom is -0.496 e. The predicted molar refractivity (Wildman–Crippen MR) is 80.2 cm³/mol. The van der Waals surface area contributed by atoms with Crippen LogP contribution in [0.15, 0.2) is 41.0 Å². The number of nitrogens with zero attached hydrogens (tertiary/aromatic N) is 1. The van der Waals surface area contributed by atoms with Crippen LogP contribution in [0.1, 0.15) is 23.0 Å². The molecule has 0 saturated carbocycles. The summed E-state index contributed by atoms with van der Waals surface area (Å²) in [4.78, 5) is 11.8. The number of ether oxygens (including phenoxy) is 2. The maximum Gasteiger partial charge on any atom is 0.354 e. The van der Waals surface area contributed by atoms with Crippen molar-refractivity contribution in [1.29, 1.82) is 0 Å². The van der Waals surface area contributed by atoms with E-state index in [1.165, 1.54) is 0 Å². The lowest BCUT2D eigenvalue weighted by Gasteiger charge is -2.10. The van der Waals surface area contributed by atoms with Crippen LogP contribution in [0.2, 0.25) is 0 Å². The zero-order valence-corrected chi connectivity index (χ0v) is 13.0. The van der Waals surface area contributed by atoms with Gasteiger partial charge >= 0.3 is 5.97 Å². The van der Waals surface area contributed by atoms with Crippen molar-refractivity contribution in [2.75, 3.05) is 13.7 Å². The summed E-state index contributed by atoms with van der Waals surface area (Å²) >= 11 is 3.46. The van der Waals surface area contributed by atoms with Gasteiger partial charge in [0.1, 0.15) is 11.4 Å². The highest BCUT2D eigenvalue weighted by molar-refractivity contribution is 9.10. The van der Waals surface area contributed by atoms with E-state index in [9.17, 15) is 4.79 Å². The molecule has 0 saturated heterocycles. The summed E-state index contributed by atoms with van der Waals surface area (Å²) in [6, 6.07) is 9.45. The second-order valence-electron chi connectivity index (χ2n) is 4.21. The van der Waals surface area contributed by atoms with E-state index in [4.69, 9.17) is 9.47 Å². The van der Waals surface area contributed by atoms with Crippen molar-refractivity contribution in [3.8, 4) is 5.75 Å². The topological polar surface area (TPSA) is 40.5 Å². The van der Waals surface area contributed by atoms with Crippen LogP contribution in [-0.4, -0.2) is 24.3 Å². The molecule has 0 bridgehead atoms. The van der Waals surface area contributed by atoms with Gasteiger partial charge in [-0.2, -0.15) is 0 Å². The lowest BCUT2D eigenvalue weighted by Crippen LogP contribution is -2.12. The highest BCUT2D eigenvalue weighted by Crippen LogP contribution is 2.26. The van der Waals surface area contributed by atoms with Gasteiger partial charge in [0.15, 0.2) is 0 Å². The van der Waals surface area contributed by atoms with Gasteiger partial charge in [-0.25, -0.2) is 4.79 Å². The minimum atomic E-state index is -0.301. The normalized spacial score (nSPS) is 10.3. The Kier molecular flexibility index (Phi) is 4.84. The molecule has 0 radical (unpaired) electrons. The van der Waals surface area contributed by atoms with Crippen molar-refractivity contribution in [3.05, 3.63) is 52.3 Å². The Morgan fingerprint density at radius 3 is 2.80 bits per heavy atom. The van der Waals surface area contributed by atoms with Crippen LogP contribution in [0.4, 0.5) is 0 Å². The van der Waals surface area contributed by atoms with Gasteiger partial charge in [0.2, 0.25) is 0 Å². The fourth-order valence-corrected chi connectivity index (χ4v) is 2.54. The summed E-state index contributed by atoms with van der Waals surface area (Å²) < 4.78 is 13.0. The number of benzene rings is 1. The number of aromatic nitrogens is 1. The first-order valence-corrected chi connectivity index (χ1v) is 7.09. The first-order chi connectivity index (χ1) is 9.65. The van der Waals surface area contributed by atoms with Crippen LogP contribution in [0.3, 0.4) is 0 Å². The van der Waals surface area contributed by atoms with E-state index in [1.807, 2.05) is 35.0 Å². The molecule has 1 aromatic heterocycles. The molecule has 0 amide bonds. The Morgan fingerprint density at radius 2 is 2.15 bits per heavy atom. The lowest BCUT2D eigenvalue weighted by atomic mass is 10.2. The Hall–Kier alpha value is -1.75. The molecule has 0 aliphatic rings. The van der Waals surface area contributed by atoms with Gasteiger partial charge < -0.3 is 14.0 Å². The van der Waals surface area contributed by atoms with Gasteiger partial charge in [0.05, 0.1) is 18.2 Å². The highest BCUT2D eigenvalue weighted by atomic mass is 79.9. The molecule has 1 heterocycles. The van der Waals surface area contributed by atoms with Crippen molar-refractivity contribution < 1.29 is 14.3 Å². The highest BCUT2D eigenvalue weighted by Gasteiger charge is 2.12. The zero-order chi connectivity index (χ0) is 14.5. The Bertz CT molecular complexity index is 607. The van der Waals surface area contributed by atoms with Gasteiger partial charge in [-0.15, -0.1) is 0 Å². The molecule has 0 aliphatic heterocycles. The molecular weight excluding hydrogens is 322 g/mol. The van der Waals surface area contributed by atoms with Crippen molar-refractivity contribution in [1.82, 2.24) is 4.57 Å². The fourth-order valence-electron chi connectivity index (χ4n) is 1.95. The number of hydrogen-bond donors (Lipinski definition) is 0. The smallest absolute Gasteiger partial charge is 0.354 e. The molecule has 2 aromatic rings. The Balaban J connectivity index is 2.20. The first kappa shape index (κ1) is 14.7. The summed E-state index contributed by atoms with van der Waals surface area (Å²) in [6.45, 7) is 2.77. The van der Waals surface area contributed by atoms with E-state index in [2.05, 4.69) is 15.9 Å². The monoisotopic (exact) mass is 337 g/mol. The molecule has 0 fully saturated rings. The molecule has 106 valence electrons. The van der Waals surface area contributed by atoms with Crippen molar-refractivity contribution >= 4 is 21.9 Å². The SMILES string of the molecule is CCOC(=O)c1cccn1Cc1ccc(OC)c(Br)c1. The molecule has 0 spiro atoms. The summed E-state index contributed by atoms with van der Waals surface area (Å²) in [5, 5.41) is 0. The van der Waals surface area contributed by atoms with E-state index in [1.54, 1.807) is 20.1 Å². The Morgan fingerprint density at radius 1 is 1.35 bits per heavy atom. The Labute approximate surface area is 126 Å². The van der Waals surface area contributed by atoms with Gasteiger partial charge in [-0.05, 0) is 52.7 Å². The second-order valence-corrected chi connectivity index (χ2v) is 5.07. The molecule has 0 unspecified atom stereocenters. The molecule has 0 atom stereocenters. The predicted octanol–water partition coefficient (Wildman–Crippen LogP) is 3.48. The fraction of sp³-hybridized carbons (Fsp3) is 0.267. The summed E-state index contributed by atoms with van der Waals surface area (Å²) in [5.74, 6) is 0.483. The van der Waals surface area contributed by atoms with Crippen LogP contribution in [0, 0.1) is 0 Å². The van der Waals surface area contributed by atoms with Gasteiger partial charge in [0.25, 0.3) is 0 Å². The summed E-state index contributed by atoms with van der Waals surface area (Å²) in [6.07, 6.45) is 1.87. The molecule has 0 aliphatic carbocycles. The largest absolute Gasteiger partial charge is 0.496 e. The number of carbonyl (C=O) groups is 1. The van der Waals surface area contributed by atoms with Gasteiger partial charge in [-0.1, -0.05) is 6.07 Å². The van der Waals surface area contributed by atoms with E-state index in [0.717, 1.165) is 15.8 Å². The quantitative estimate of drug-likeness (QED) is 0.784. The number of hydrogen-bond acceptors (Lipinski definition) is 3. The first-order valence-electron chi connectivity index (χ1n) is 6.30. The summed E-state index contributed by atoms with van der Waals surface area (Å²) in [5.41, 5.74) is 1.62. The summed E-state index contributed by atoms with van der Waals surface area (Å²) in [7, 11) is 1.63. The van der Waals surface area contributed by atoms with Crippen LogP contribution in [-0.2, 0) is 11.3 Å². The second kappa shape index (κ2) is 6.61. The van der Waals surface area contributed by atoms with E-state index in [-0.39, 0.29) is 5.97 Å². The molecule has 1 aromatic carbocycles. The average molecular weight is 338 g/mol. The number of rotatable bonds is 5. The van der Waals surface area contributed by atoms with Gasteiger partial charge in [0, 0.05) is 12.7 Å². The molecule has 5 heteroatoms. The zero-order valence-electron chi connectivity index (χ0n) is 11.4. The van der Waals surface area contributed by atoms with E-state index in [0.29, 0.717) is 18.8 Å². The molecule has 20 heavy (non-hydrogen) atoms. The maximum atomic E-state index is 11.8. The maximum absolute atomic E-state index is 11.8. The molecule has 0 N–H and O–H groups in total. The third kappa shape index (κ3) is 3.22. The van der Waals surface area contributed by atoms with Gasteiger partial charge in [-0.3, -0.25) is 0 Å². The number of carbonyl (C=O) groups excluding carboxylic acids is 1. The minimum absolute atomic E-state index is 0.301. The third-order valence-electron chi connectivity index (χ3n) is 2.88. The standard InChI is InChI=1S/C15H16BrNO3/c1-3-20-15(18)13-5-4-8-17(13)10-11-6-7-14(19-2)12(16)9-11/h4-9H,3,10H2,1-2H3. The van der Waals surface area contributed by atoms with Crippen LogP contribution >= 0.6 is 15.9 Å². The van der Waals surface area contributed by atoms with E-state index >= 15 is 0 Å². The van der Waals surface area contributed by atoms with Crippen LogP contribution in [0.25, 0.3) is 0 Å².